The Labute approximate surface area is 165 Å². The molecule has 3 heterocycles. The molecule has 8 heteroatoms. The SMILES string of the molecule is O=C(c1ccnnc1)N1CCCC(N(CCN2CCOCC2)C(=O)C2CC2)C1. The van der Waals surface area contributed by atoms with Crippen molar-refractivity contribution in [3.05, 3.63) is 24.0 Å². The van der Waals surface area contributed by atoms with Gasteiger partial charge in [0.2, 0.25) is 5.91 Å². The van der Waals surface area contributed by atoms with Crippen LogP contribution >= 0.6 is 0 Å². The molecule has 0 bridgehead atoms. The minimum atomic E-state index is -0.0217. The molecule has 1 atom stereocenters. The van der Waals surface area contributed by atoms with E-state index in [0.717, 1.165) is 71.6 Å². The highest BCUT2D eigenvalue weighted by Crippen LogP contribution is 2.32. The van der Waals surface area contributed by atoms with Crippen molar-refractivity contribution in [3.8, 4) is 0 Å². The summed E-state index contributed by atoms with van der Waals surface area (Å²) < 4.78 is 5.43. The average Bonchev–Trinajstić information content (AvgIpc) is 3.60. The van der Waals surface area contributed by atoms with Gasteiger partial charge in [-0.2, -0.15) is 10.2 Å². The van der Waals surface area contributed by atoms with Gasteiger partial charge in [0.1, 0.15) is 0 Å². The molecule has 1 aliphatic carbocycles. The smallest absolute Gasteiger partial charge is 0.255 e. The van der Waals surface area contributed by atoms with Crippen LogP contribution in [-0.2, 0) is 9.53 Å². The molecule has 2 saturated heterocycles. The van der Waals surface area contributed by atoms with Crippen LogP contribution in [0.15, 0.2) is 18.5 Å². The topological polar surface area (TPSA) is 78.9 Å². The van der Waals surface area contributed by atoms with Gasteiger partial charge in [0.15, 0.2) is 0 Å². The van der Waals surface area contributed by atoms with Gasteiger partial charge >= 0.3 is 0 Å². The third kappa shape index (κ3) is 4.67. The lowest BCUT2D eigenvalue weighted by molar-refractivity contribution is -0.136. The largest absolute Gasteiger partial charge is 0.379 e. The number of amides is 2. The molecule has 2 amide bonds. The zero-order valence-corrected chi connectivity index (χ0v) is 16.3. The van der Waals surface area contributed by atoms with Crippen LogP contribution in [0.25, 0.3) is 0 Å². The van der Waals surface area contributed by atoms with E-state index in [9.17, 15) is 9.59 Å². The predicted molar refractivity (Wildman–Crippen MR) is 103 cm³/mol. The van der Waals surface area contributed by atoms with E-state index in [1.807, 2.05) is 4.90 Å². The van der Waals surface area contributed by atoms with Crippen LogP contribution in [0.1, 0.15) is 36.0 Å². The number of hydrogen-bond donors (Lipinski definition) is 0. The molecule has 0 spiro atoms. The van der Waals surface area contributed by atoms with Crippen molar-refractivity contribution in [2.45, 2.75) is 31.7 Å². The molecule has 2 aliphatic heterocycles. The molecular weight excluding hydrogens is 358 g/mol. The Bertz CT molecular complexity index is 676. The third-order valence-electron chi connectivity index (χ3n) is 5.93. The highest BCUT2D eigenvalue weighted by molar-refractivity contribution is 5.94. The molecule has 3 fully saturated rings. The molecule has 152 valence electrons. The van der Waals surface area contributed by atoms with E-state index in [-0.39, 0.29) is 23.8 Å². The zero-order valence-electron chi connectivity index (χ0n) is 16.3. The minimum Gasteiger partial charge on any atom is -0.379 e. The van der Waals surface area contributed by atoms with Crippen LogP contribution < -0.4 is 0 Å². The molecule has 1 unspecified atom stereocenters. The number of carbonyl (C=O) groups is 2. The molecule has 0 N–H and O–H groups in total. The summed E-state index contributed by atoms with van der Waals surface area (Å²) in [6, 6.07) is 1.80. The lowest BCUT2D eigenvalue weighted by atomic mass is 10.0. The second-order valence-corrected chi connectivity index (χ2v) is 7.94. The molecule has 0 aromatic carbocycles. The van der Waals surface area contributed by atoms with Crippen molar-refractivity contribution in [2.75, 3.05) is 52.5 Å². The number of piperidine rings is 1. The van der Waals surface area contributed by atoms with Crippen LogP contribution in [0.4, 0.5) is 0 Å². The van der Waals surface area contributed by atoms with Crippen molar-refractivity contribution in [2.24, 2.45) is 5.92 Å². The van der Waals surface area contributed by atoms with E-state index in [4.69, 9.17) is 4.74 Å². The maximum absolute atomic E-state index is 13.0. The van der Waals surface area contributed by atoms with Gasteiger partial charge in [0.05, 0.1) is 31.2 Å². The second kappa shape index (κ2) is 8.96. The maximum atomic E-state index is 13.0. The van der Waals surface area contributed by atoms with E-state index in [1.165, 1.54) is 6.20 Å². The standard InChI is InChI=1S/C20H29N5O3/c26-19(17-5-6-21-22-14-17)24-7-1-2-18(15-24)25(20(27)16-3-4-16)9-8-23-10-12-28-13-11-23/h5-6,14,16,18H,1-4,7-13,15H2. The number of morpholine rings is 1. The Morgan fingerprint density at radius 2 is 1.96 bits per heavy atom. The van der Waals surface area contributed by atoms with Crippen molar-refractivity contribution in [3.63, 3.8) is 0 Å². The predicted octanol–water partition coefficient (Wildman–Crippen LogP) is 0.652. The first-order valence-electron chi connectivity index (χ1n) is 10.4. The molecule has 1 aromatic heterocycles. The van der Waals surface area contributed by atoms with E-state index in [1.54, 1.807) is 12.3 Å². The highest BCUT2D eigenvalue weighted by atomic mass is 16.5. The Morgan fingerprint density at radius 1 is 1.14 bits per heavy atom. The second-order valence-electron chi connectivity index (χ2n) is 7.94. The van der Waals surface area contributed by atoms with Crippen molar-refractivity contribution in [1.29, 1.82) is 0 Å². The molecule has 8 nitrogen and oxygen atoms in total. The molecule has 28 heavy (non-hydrogen) atoms. The average molecular weight is 387 g/mol. The van der Waals surface area contributed by atoms with Crippen LogP contribution in [0.5, 0.6) is 0 Å². The first-order valence-corrected chi connectivity index (χ1v) is 10.4. The number of carbonyl (C=O) groups excluding carboxylic acids is 2. The highest BCUT2D eigenvalue weighted by Gasteiger charge is 2.38. The van der Waals surface area contributed by atoms with E-state index < -0.39 is 0 Å². The van der Waals surface area contributed by atoms with Crippen LogP contribution in [0.3, 0.4) is 0 Å². The fourth-order valence-corrected chi connectivity index (χ4v) is 4.10. The van der Waals surface area contributed by atoms with E-state index >= 15 is 0 Å². The van der Waals surface area contributed by atoms with Crippen LogP contribution in [0.2, 0.25) is 0 Å². The molecular formula is C20H29N5O3. The summed E-state index contributed by atoms with van der Waals surface area (Å²) in [5.74, 6) is 0.449. The Hall–Kier alpha value is -2.06. The summed E-state index contributed by atoms with van der Waals surface area (Å²) in [6.07, 6.45) is 6.94. The summed E-state index contributed by atoms with van der Waals surface area (Å²) in [5, 5.41) is 7.57. The third-order valence-corrected chi connectivity index (χ3v) is 5.93. The monoisotopic (exact) mass is 387 g/mol. The van der Waals surface area contributed by atoms with Gasteiger partial charge in [-0.25, -0.2) is 0 Å². The Morgan fingerprint density at radius 3 is 2.68 bits per heavy atom. The summed E-state index contributed by atoms with van der Waals surface area (Å²) in [6.45, 7) is 6.32. The Kier molecular flexibility index (Phi) is 6.17. The van der Waals surface area contributed by atoms with Gasteiger partial charge in [0, 0.05) is 51.2 Å². The van der Waals surface area contributed by atoms with Crippen LogP contribution in [-0.4, -0.2) is 95.2 Å². The normalized spacial score (nSPS) is 23.4. The van der Waals surface area contributed by atoms with Gasteiger partial charge in [-0.3, -0.25) is 14.5 Å². The molecule has 1 aromatic rings. The lowest BCUT2D eigenvalue weighted by Gasteiger charge is -2.40. The van der Waals surface area contributed by atoms with Crippen molar-refractivity contribution >= 4 is 11.8 Å². The maximum Gasteiger partial charge on any atom is 0.255 e. The first kappa shape index (κ1) is 19.3. The number of rotatable bonds is 6. The number of aromatic nitrogens is 2. The fourth-order valence-electron chi connectivity index (χ4n) is 4.10. The fraction of sp³-hybridized carbons (Fsp3) is 0.700. The number of likely N-dealkylation sites (tertiary alicyclic amines) is 1. The number of ether oxygens (including phenoxy) is 1. The molecule has 3 aliphatic rings. The molecule has 1 saturated carbocycles. The first-order chi connectivity index (χ1) is 13.7. The van der Waals surface area contributed by atoms with Gasteiger partial charge < -0.3 is 14.5 Å². The van der Waals surface area contributed by atoms with Gasteiger partial charge in [-0.1, -0.05) is 0 Å². The summed E-state index contributed by atoms with van der Waals surface area (Å²) in [7, 11) is 0. The van der Waals surface area contributed by atoms with Gasteiger partial charge in [0.25, 0.3) is 5.91 Å². The zero-order chi connectivity index (χ0) is 19.3. The van der Waals surface area contributed by atoms with Gasteiger partial charge in [-0.05, 0) is 31.7 Å². The van der Waals surface area contributed by atoms with E-state index in [0.29, 0.717) is 12.1 Å². The quantitative estimate of drug-likeness (QED) is 0.713. The summed E-state index contributed by atoms with van der Waals surface area (Å²) in [4.78, 5) is 32.1. The van der Waals surface area contributed by atoms with Crippen molar-refractivity contribution < 1.29 is 14.3 Å². The summed E-state index contributed by atoms with van der Waals surface area (Å²) in [5.41, 5.74) is 0.559. The van der Waals surface area contributed by atoms with E-state index in [2.05, 4.69) is 20.0 Å². The van der Waals surface area contributed by atoms with Crippen molar-refractivity contribution in [1.82, 2.24) is 24.9 Å². The lowest BCUT2D eigenvalue weighted by Crippen LogP contribution is -2.54. The number of nitrogens with zero attached hydrogens (tertiary/aromatic N) is 5. The van der Waals surface area contributed by atoms with Gasteiger partial charge in [-0.15, -0.1) is 0 Å². The number of hydrogen-bond acceptors (Lipinski definition) is 6. The minimum absolute atomic E-state index is 0.0217. The molecule has 0 radical (unpaired) electrons. The van der Waals surface area contributed by atoms with Crippen LogP contribution in [0, 0.1) is 5.92 Å². The molecule has 4 rings (SSSR count). The Balaban J connectivity index is 1.41. The summed E-state index contributed by atoms with van der Waals surface area (Å²) >= 11 is 0.